The maximum atomic E-state index is 12.6. The summed E-state index contributed by atoms with van der Waals surface area (Å²) in [6.45, 7) is 4.53. The molecule has 1 fully saturated rings. The van der Waals surface area contributed by atoms with E-state index in [1.165, 1.54) is 25.7 Å². The number of aromatic nitrogens is 3. The number of nitrogens with one attached hydrogen (secondary N) is 1. The van der Waals surface area contributed by atoms with Crippen LogP contribution in [0.2, 0.25) is 0 Å². The number of pyridine rings is 1. The van der Waals surface area contributed by atoms with Crippen molar-refractivity contribution < 1.29 is 4.79 Å². The van der Waals surface area contributed by atoms with E-state index in [1.807, 2.05) is 55.6 Å². The van der Waals surface area contributed by atoms with Gasteiger partial charge in [-0.2, -0.15) is 5.10 Å². The van der Waals surface area contributed by atoms with E-state index in [4.69, 9.17) is 0 Å². The number of hydrogen-bond donors (Lipinski definition) is 1. The Labute approximate surface area is 171 Å². The standard InChI is InChI=1S/C23H27N5O/c1-18-15-21(26-28(18)20-9-5-4-6-10-20)23(29)25-17-19-11-12-22(24-16-19)27-13-7-2-3-8-14-27/h4-6,9-12,15-16H,2-3,7-8,13-14,17H2,1H3,(H,25,29). The van der Waals surface area contributed by atoms with E-state index in [0.717, 1.165) is 35.9 Å². The molecule has 29 heavy (non-hydrogen) atoms. The molecule has 0 atom stereocenters. The molecule has 0 bridgehead atoms. The summed E-state index contributed by atoms with van der Waals surface area (Å²) in [6, 6.07) is 15.7. The summed E-state index contributed by atoms with van der Waals surface area (Å²) in [5.41, 5.74) is 3.26. The number of rotatable bonds is 5. The zero-order valence-electron chi connectivity index (χ0n) is 16.8. The van der Waals surface area contributed by atoms with Crippen LogP contribution in [0, 0.1) is 6.92 Å². The maximum absolute atomic E-state index is 12.6. The predicted octanol–water partition coefficient (Wildman–Crippen LogP) is 3.89. The van der Waals surface area contributed by atoms with Crippen molar-refractivity contribution in [2.45, 2.75) is 39.2 Å². The summed E-state index contributed by atoms with van der Waals surface area (Å²) >= 11 is 0. The molecule has 0 aliphatic carbocycles. The molecule has 6 heteroatoms. The first-order valence-corrected chi connectivity index (χ1v) is 10.3. The van der Waals surface area contributed by atoms with Gasteiger partial charge in [0.2, 0.25) is 0 Å². The van der Waals surface area contributed by atoms with Gasteiger partial charge >= 0.3 is 0 Å². The number of aryl methyl sites for hydroxylation is 1. The first-order valence-electron chi connectivity index (χ1n) is 10.3. The van der Waals surface area contributed by atoms with Crippen LogP contribution >= 0.6 is 0 Å². The minimum atomic E-state index is -0.181. The van der Waals surface area contributed by atoms with Crippen molar-refractivity contribution in [2.75, 3.05) is 18.0 Å². The van der Waals surface area contributed by atoms with Gasteiger partial charge in [0.15, 0.2) is 5.69 Å². The lowest BCUT2D eigenvalue weighted by molar-refractivity contribution is 0.0945. The minimum Gasteiger partial charge on any atom is -0.357 e. The topological polar surface area (TPSA) is 63.1 Å². The third kappa shape index (κ3) is 4.65. The zero-order valence-corrected chi connectivity index (χ0v) is 16.8. The molecule has 2 aromatic heterocycles. The van der Waals surface area contributed by atoms with Crippen molar-refractivity contribution in [2.24, 2.45) is 0 Å². The Bertz CT molecular complexity index is 941. The molecule has 4 rings (SSSR count). The zero-order chi connectivity index (χ0) is 20.1. The van der Waals surface area contributed by atoms with Crippen LogP contribution in [0.4, 0.5) is 5.82 Å². The molecule has 1 aliphatic rings. The third-order valence-electron chi connectivity index (χ3n) is 5.31. The highest BCUT2D eigenvalue weighted by Gasteiger charge is 2.14. The molecule has 0 saturated carbocycles. The average Bonchev–Trinajstić information content (AvgIpc) is 2.97. The van der Waals surface area contributed by atoms with E-state index >= 15 is 0 Å². The minimum absolute atomic E-state index is 0.181. The third-order valence-corrected chi connectivity index (χ3v) is 5.31. The van der Waals surface area contributed by atoms with Gasteiger partial charge in [-0.3, -0.25) is 4.79 Å². The highest BCUT2D eigenvalue weighted by molar-refractivity contribution is 5.92. The molecule has 1 aromatic carbocycles. The Kier molecular flexibility index (Phi) is 5.89. The van der Waals surface area contributed by atoms with Crippen LogP contribution < -0.4 is 10.2 Å². The van der Waals surface area contributed by atoms with E-state index in [9.17, 15) is 4.79 Å². The summed E-state index contributed by atoms with van der Waals surface area (Å²) in [4.78, 5) is 19.5. The van der Waals surface area contributed by atoms with Gasteiger partial charge in [0, 0.05) is 31.5 Å². The summed E-state index contributed by atoms with van der Waals surface area (Å²) < 4.78 is 1.78. The SMILES string of the molecule is Cc1cc(C(=O)NCc2ccc(N3CCCCCC3)nc2)nn1-c1ccccc1. The molecule has 1 N–H and O–H groups in total. The number of carbonyl (C=O) groups is 1. The van der Waals surface area contributed by atoms with Gasteiger partial charge in [-0.05, 0) is 49.6 Å². The van der Waals surface area contributed by atoms with Crippen molar-refractivity contribution in [1.82, 2.24) is 20.1 Å². The molecule has 1 saturated heterocycles. The predicted molar refractivity (Wildman–Crippen MR) is 114 cm³/mol. The fourth-order valence-corrected chi connectivity index (χ4v) is 3.70. The fraction of sp³-hybridized carbons (Fsp3) is 0.348. The van der Waals surface area contributed by atoms with Crippen molar-refractivity contribution in [3.05, 3.63) is 71.7 Å². The fourth-order valence-electron chi connectivity index (χ4n) is 3.70. The Balaban J connectivity index is 1.37. The molecule has 1 amide bonds. The number of hydrogen-bond acceptors (Lipinski definition) is 4. The van der Waals surface area contributed by atoms with Gasteiger partial charge in [-0.1, -0.05) is 37.1 Å². The molecular weight excluding hydrogens is 362 g/mol. The van der Waals surface area contributed by atoms with Crippen LogP contribution in [-0.2, 0) is 6.54 Å². The van der Waals surface area contributed by atoms with E-state index < -0.39 is 0 Å². The molecule has 6 nitrogen and oxygen atoms in total. The van der Waals surface area contributed by atoms with Gasteiger partial charge in [0.25, 0.3) is 5.91 Å². The monoisotopic (exact) mass is 389 g/mol. The van der Waals surface area contributed by atoms with Gasteiger partial charge < -0.3 is 10.2 Å². The normalized spacial score (nSPS) is 14.4. The molecule has 3 heterocycles. The van der Waals surface area contributed by atoms with Crippen molar-refractivity contribution >= 4 is 11.7 Å². The van der Waals surface area contributed by atoms with Crippen LogP contribution in [0.25, 0.3) is 5.69 Å². The van der Waals surface area contributed by atoms with E-state index in [-0.39, 0.29) is 5.91 Å². The van der Waals surface area contributed by atoms with Gasteiger partial charge in [-0.25, -0.2) is 9.67 Å². The van der Waals surface area contributed by atoms with E-state index in [2.05, 4.69) is 26.4 Å². The lowest BCUT2D eigenvalue weighted by Gasteiger charge is -2.21. The Morgan fingerprint density at radius 2 is 1.79 bits per heavy atom. The van der Waals surface area contributed by atoms with Crippen molar-refractivity contribution in [1.29, 1.82) is 0 Å². The molecule has 3 aromatic rings. The van der Waals surface area contributed by atoms with Gasteiger partial charge in [0.05, 0.1) is 5.69 Å². The van der Waals surface area contributed by atoms with Crippen LogP contribution in [0.1, 0.15) is 47.4 Å². The Hall–Kier alpha value is -3.15. The molecule has 150 valence electrons. The van der Waals surface area contributed by atoms with Gasteiger partial charge in [0.1, 0.15) is 5.82 Å². The first-order chi connectivity index (χ1) is 14.2. The number of nitrogens with zero attached hydrogens (tertiary/aromatic N) is 4. The number of carbonyl (C=O) groups excluding carboxylic acids is 1. The van der Waals surface area contributed by atoms with Crippen molar-refractivity contribution in [3.63, 3.8) is 0 Å². The Morgan fingerprint density at radius 1 is 1.03 bits per heavy atom. The van der Waals surface area contributed by atoms with Crippen LogP contribution in [0.15, 0.2) is 54.7 Å². The van der Waals surface area contributed by atoms with Crippen LogP contribution in [-0.4, -0.2) is 33.8 Å². The van der Waals surface area contributed by atoms with Crippen molar-refractivity contribution in [3.8, 4) is 5.69 Å². The summed E-state index contributed by atoms with van der Waals surface area (Å²) in [5, 5.41) is 7.41. The first kappa shape index (κ1) is 19.2. The molecule has 0 radical (unpaired) electrons. The number of anilines is 1. The molecule has 1 aliphatic heterocycles. The quantitative estimate of drug-likeness (QED) is 0.719. The number of benzene rings is 1. The van der Waals surface area contributed by atoms with E-state index in [1.54, 1.807) is 4.68 Å². The largest absolute Gasteiger partial charge is 0.357 e. The Morgan fingerprint density at radius 3 is 2.48 bits per heavy atom. The smallest absolute Gasteiger partial charge is 0.272 e. The average molecular weight is 390 g/mol. The molecule has 0 spiro atoms. The van der Waals surface area contributed by atoms with Crippen LogP contribution in [0.3, 0.4) is 0 Å². The highest BCUT2D eigenvalue weighted by Crippen LogP contribution is 2.17. The second-order valence-electron chi connectivity index (χ2n) is 7.53. The van der Waals surface area contributed by atoms with Crippen LogP contribution in [0.5, 0.6) is 0 Å². The van der Waals surface area contributed by atoms with E-state index in [0.29, 0.717) is 12.2 Å². The lowest BCUT2D eigenvalue weighted by Crippen LogP contribution is -2.25. The number of para-hydroxylation sites is 1. The summed E-state index contributed by atoms with van der Waals surface area (Å²) in [7, 11) is 0. The maximum Gasteiger partial charge on any atom is 0.272 e. The lowest BCUT2D eigenvalue weighted by atomic mass is 10.2. The molecular formula is C23H27N5O. The number of amides is 1. The summed E-state index contributed by atoms with van der Waals surface area (Å²) in [6.07, 6.45) is 6.93. The second kappa shape index (κ2) is 8.90. The second-order valence-corrected chi connectivity index (χ2v) is 7.53. The van der Waals surface area contributed by atoms with Gasteiger partial charge in [-0.15, -0.1) is 0 Å². The molecule has 0 unspecified atom stereocenters. The summed E-state index contributed by atoms with van der Waals surface area (Å²) in [5.74, 6) is 0.846. The highest BCUT2D eigenvalue weighted by atomic mass is 16.1.